The van der Waals surface area contributed by atoms with Gasteiger partial charge in [0.05, 0.1) is 36.2 Å². The van der Waals surface area contributed by atoms with Crippen molar-refractivity contribution in [1.29, 1.82) is 0 Å². The molecule has 7 heteroatoms. The second-order valence-electron chi connectivity index (χ2n) is 7.01. The van der Waals surface area contributed by atoms with Crippen LogP contribution >= 0.6 is 0 Å². The summed E-state index contributed by atoms with van der Waals surface area (Å²) in [4.78, 5) is 12.0. The first-order valence-electron chi connectivity index (χ1n) is 7.21. The lowest BCUT2D eigenvalue weighted by molar-refractivity contribution is -0.890. The topological polar surface area (TPSA) is 83.5 Å². The third-order valence-electron chi connectivity index (χ3n) is 4.06. The number of carbonyl (C=O) groups excluding carboxylic acids is 1. The van der Waals surface area contributed by atoms with Crippen LogP contribution in [0.15, 0.2) is 0 Å². The second-order valence-corrected chi connectivity index (χ2v) is 8.53. The first kappa shape index (κ1) is 20.3. The first-order chi connectivity index (χ1) is 9.28. The molecule has 0 bridgehead atoms. The van der Waals surface area contributed by atoms with Crippen molar-refractivity contribution >= 4 is 16.1 Å². The van der Waals surface area contributed by atoms with Crippen LogP contribution in [0.1, 0.15) is 34.1 Å². The standard InChI is InChI=1S/C14H29NO5S/c1-12(2)14(3,4)13(16)20-10-9-15(5,6)8-7-11-21(17,18)19/h12H,7-11H2,1-6H3. The number of likely N-dealkylation sites (N-methyl/N-ethyl adjacent to an activating group) is 1. The number of carbonyl (C=O) groups is 1. The molecule has 0 amide bonds. The van der Waals surface area contributed by atoms with Crippen molar-refractivity contribution in [2.75, 3.05) is 39.5 Å². The van der Waals surface area contributed by atoms with E-state index < -0.39 is 15.5 Å². The minimum Gasteiger partial charge on any atom is -0.748 e. The van der Waals surface area contributed by atoms with Crippen LogP contribution < -0.4 is 0 Å². The summed E-state index contributed by atoms with van der Waals surface area (Å²) in [5, 5.41) is 0. The summed E-state index contributed by atoms with van der Waals surface area (Å²) >= 11 is 0. The zero-order valence-electron chi connectivity index (χ0n) is 14.0. The molecule has 21 heavy (non-hydrogen) atoms. The van der Waals surface area contributed by atoms with Crippen LogP contribution in [-0.2, 0) is 19.6 Å². The van der Waals surface area contributed by atoms with Crippen molar-refractivity contribution in [2.45, 2.75) is 34.1 Å². The van der Waals surface area contributed by atoms with Gasteiger partial charge in [0.1, 0.15) is 13.2 Å². The van der Waals surface area contributed by atoms with Gasteiger partial charge in [-0.05, 0) is 19.8 Å². The van der Waals surface area contributed by atoms with Gasteiger partial charge in [-0.15, -0.1) is 0 Å². The fourth-order valence-electron chi connectivity index (χ4n) is 1.59. The predicted molar refractivity (Wildman–Crippen MR) is 80.6 cm³/mol. The quantitative estimate of drug-likeness (QED) is 0.362. The van der Waals surface area contributed by atoms with Crippen molar-refractivity contribution in [3.05, 3.63) is 0 Å². The molecule has 0 aromatic rings. The Labute approximate surface area is 128 Å². The molecule has 0 fully saturated rings. The molecule has 6 nitrogen and oxygen atoms in total. The van der Waals surface area contributed by atoms with Gasteiger partial charge in [0.25, 0.3) is 0 Å². The Morgan fingerprint density at radius 2 is 1.76 bits per heavy atom. The molecule has 0 aromatic heterocycles. The maximum atomic E-state index is 12.0. The van der Waals surface area contributed by atoms with Crippen LogP contribution in [0.4, 0.5) is 0 Å². The Balaban J connectivity index is 4.18. The minimum absolute atomic E-state index is 0.190. The summed E-state index contributed by atoms with van der Waals surface area (Å²) in [6.45, 7) is 9.09. The smallest absolute Gasteiger partial charge is 0.311 e. The molecule has 0 saturated carbocycles. The number of nitrogens with zero attached hydrogens (tertiary/aromatic N) is 1. The SMILES string of the molecule is CC(C)C(C)(C)C(=O)OCC[N+](C)(C)CCCS(=O)(=O)[O-]. The molecule has 0 atom stereocenters. The fourth-order valence-corrected chi connectivity index (χ4v) is 2.07. The van der Waals surface area contributed by atoms with E-state index in [2.05, 4.69) is 0 Å². The highest BCUT2D eigenvalue weighted by Crippen LogP contribution is 2.27. The number of ether oxygens (including phenoxy) is 1. The number of hydrogen-bond donors (Lipinski definition) is 0. The highest BCUT2D eigenvalue weighted by molar-refractivity contribution is 7.85. The molecule has 0 aliphatic heterocycles. The molecular formula is C14H29NO5S. The van der Waals surface area contributed by atoms with E-state index in [0.29, 0.717) is 24.0 Å². The van der Waals surface area contributed by atoms with Gasteiger partial charge in [0.15, 0.2) is 0 Å². The zero-order chi connectivity index (χ0) is 16.9. The van der Waals surface area contributed by atoms with Gasteiger partial charge in [0.2, 0.25) is 0 Å². The molecular weight excluding hydrogens is 294 g/mol. The number of hydrogen-bond acceptors (Lipinski definition) is 5. The third kappa shape index (κ3) is 8.38. The zero-order valence-corrected chi connectivity index (χ0v) is 14.8. The van der Waals surface area contributed by atoms with Gasteiger partial charge < -0.3 is 13.8 Å². The van der Waals surface area contributed by atoms with E-state index >= 15 is 0 Å². The molecule has 0 aliphatic carbocycles. The molecule has 0 spiro atoms. The highest BCUT2D eigenvalue weighted by Gasteiger charge is 2.33. The molecule has 0 aliphatic rings. The summed E-state index contributed by atoms with van der Waals surface area (Å²) < 4.78 is 37.5. The Hall–Kier alpha value is -0.660. The molecule has 0 radical (unpaired) electrons. The second kappa shape index (κ2) is 7.56. The lowest BCUT2D eigenvalue weighted by atomic mass is 9.81. The van der Waals surface area contributed by atoms with Crippen molar-refractivity contribution in [3.8, 4) is 0 Å². The van der Waals surface area contributed by atoms with Gasteiger partial charge in [-0.25, -0.2) is 8.42 Å². The van der Waals surface area contributed by atoms with Crippen LogP contribution in [0.2, 0.25) is 0 Å². The summed E-state index contributed by atoms with van der Waals surface area (Å²) in [5.41, 5.74) is -0.520. The first-order valence-corrected chi connectivity index (χ1v) is 8.78. The van der Waals surface area contributed by atoms with E-state index in [1.165, 1.54) is 0 Å². The van der Waals surface area contributed by atoms with E-state index in [1.807, 2.05) is 41.8 Å². The van der Waals surface area contributed by atoms with Crippen molar-refractivity contribution in [3.63, 3.8) is 0 Å². The van der Waals surface area contributed by atoms with Gasteiger partial charge >= 0.3 is 5.97 Å². The van der Waals surface area contributed by atoms with Crippen LogP contribution in [0.3, 0.4) is 0 Å². The summed E-state index contributed by atoms with van der Waals surface area (Å²) in [5.74, 6) is -0.385. The van der Waals surface area contributed by atoms with Gasteiger partial charge in [-0.2, -0.15) is 0 Å². The maximum Gasteiger partial charge on any atom is 0.311 e. The molecule has 0 aromatic carbocycles. The Bertz CT molecular complexity index is 440. The number of esters is 1. The molecule has 0 saturated heterocycles. The monoisotopic (exact) mass is 323 g/mol. The lowest BCUT2D eigenvalue weighted by Gasteiger charge is -2.31. The van der Waals surface area contributed by atoms with Crippen LogP contribution in [0.25, 0.3) is 0 Å². The van der Waals surface area contributed by atoms with Crippen LogP contribution in [-0.4, -0.2) is 63.0 Å². The summed E-state index contributed by atoms with van der Waals surface area (Å²) in [6, 6.07) is 0. The summed E-state index contributed by atoms with van der Waals surface area (Å²) in [6.07, 6.45) is 0.310. The van der Waals surface area contributed by atoms with Crippen LogP contribution in [0, 0.1) is 11.3 Å². The highest BCUT2D eigenvalue weighted by atomic mass is 32.2. The predicted octanol–water partition coefficient (Wildman–Crippen LogP) is 1.22. The normalized spacial score (nSPS) is 13.5. The average molecular weight is 323 g/mol. The Morgan fingerprint density at radius 3 is 2.19 bits per heavy atom. The Morgan fingerprint density at radius 1 is 1.24 bits per heavy atom. The van der Waals surface area contributed by atoms with E-state index in [9.17, 15) is 17.8 Å². The van der Waals surface area contributed by atoms with Crippen molar-refractivity contribution in [2.24, 2.45) is 11.3 Å². The molecule has 0 rings (SSSR count). The number of quaternary nitrogens is 1. The van der Waals surface area contributed by atoms with Gasteiger partial charge in [-0.1, -0.05) is 13.8 Å². The van der Waals surface area contributed by atoms with E-state index in [0.717, 1.165) is 0 Å². The van der Waals surface area contributed by atoms with Crippen LogP contribution in [0.5, 0.6) is 0 Å². The van der Waals surface area contributed by atoms with Gasteiger partial charge in [-0.3, -0.25) is 4.79 Å². The number of rotatable bonds is 9. The Kier molecular flexibility index (Phi) is 7.32. The fraction of sp³-hybridized carbons (Fsp3) is 0.929. The molecule has 0 unspecified atom stereocenters. The average Bonchev–Trinajstić information content (AvgIpc) is 2.25. The maximum absolute atomic E-state index is 12.0. The largest absolute Gasteiger partial charge is 0.748 e. The minimum atomic E-state index is -4.15. The van der Waals surface area contributed by atoms with E-state index in [1.54, 1.807) is 0 Å². The molecule has 126 valence electrons. The van der Waals surface area contributed by atoms with Crippen molar-refractivity contribution < 1.29 is 27.0 Å². The molecule has 0 N–H and O–H groups in total. The molecule has 0 heterocycles. The third-order valence-corrected chi connectivity index (χ3v) is 4.85. The van der Waals surface area contributed by atoms with Crippen molar-refractivity contribution in [1.82, 2.24) is 0 Å². The van der Waals surface area contributed by atoms with Gasteiger partial charge in [0, 0.05) is 12.2 Å². The van der Waals surface area contributed by atoms with E-state index in [4.69, 9.17) is 4.74 Å². The van der Waals surface area contributed by atoms with E-state index in [-0.39, 0.29) is 24.2 Å². The summed E-state index contributed by atoms with van der Waals surface area (Å²) in [7, 11) is -0.324. The lowest BCUT2D eigenvalue weighted by Crippen LogP contribution is -2.44.